The van der Waals surface area contributed by atoms with Crippen LogP contribution in [0.5, 0.6) is 0 Å². The number of carbonyl (C=O) groups is 1. The lowest BCUT2D eigenvalue weighted by molar-refractivity contribution is -0.121. The Labute approximate surface area is 130 Å². The maximum atomic E-state index is 12.6. The van der Waals surface area contributed by atoms with E-state index in [9.17, 15) is 9.59 Å². The Balaban J connectivity index is 2.20. The van der Waals surface area contributed by atoms with Gasteiger partial charge in [0.05, 0.1) is 5.69 Å². The summed E-state index contributed by atoms with van der Waals surface area (Å²) in [6.07, 6.45) is 2.60. The molecule has 0 atom stereocenters. The molecule has 0 aromatic carbocycles. The van der Waals surface area contributed by atoms with Gasteiger partial charge in [-0.3, -0.25) is 14.3 Å². The van der Waals surface area contributed by atoms with E-state index in [0.717, 1.165) is 17.5 Å². The summed E-state index contributed by atoms with van der Waals surface area (Å²) in [7, 11) is 0. The lowest BCUT2D eigenvalue weighted by atomic mass is 10.1. The van der Waals surface area contributed by atoms with Crippen molar-refractivity contribution >= 4 is 16.8 Å². The van der Waals surface area contributed by atoms with Gasteiger partial charge in [-0.05, 0) is 32.3 Å². The molecule has 2 rings (SSSR count). The second-order valence-electron chi connectivity index (χ2n) is 5.94. The molecule has 6 heteroatoms. The number of fused-ring (bicyclic) bond motifs is 1. The third-order valence-electron chi connectivity index (χ3n) is 3.72. The van der Waals surface area contributed by atoms with E-state index in [0.29, 0.717) is 24.5 Å². The van der Waals surface area contributed by atoms with E-state index in [4.69, 9.17) is 0 Å². The van der Waals surface area contributed by atoms with Crippen molar-refractivity contribution in [2.24, 2.45) is 5.92 Å². The van der Waals surface area contributed by atoms with Crippen LogP contribution in [-0.4, -0.2) is 26.8 Å². The number of carbonyl (C=O) groups excluding carboxylic acids is 1. The van der Waals surface area contributed by atoms with Crippen LogP contribution < -0.4 is 10.9 Å². The Morgan fingerprint density at radius 3 is 2.77 bits per heavy atom. The Morgan fingerprint density at radius 2 is 2.14 bits per heavy atom. The number of aryl methyl sites for hydroxylation is 2. The standard InChI is InChI=1S/C16H24N4O2/c1-5-20-15-13(12(4)18-20)7-9-19(16(15)22)10-14(21)17-8-6-11(2)3/h7,9,11H,5-6,8,10H2,1-4H3,(H,17,21). The van der Waals surface area contributed by atoms with Crippen LogP contribution in [-0.2, 0) is 17.9 Å². The van der Waals surface area contributed by atoms with Gasteiger partial charge in [0.15, 0.2) is 0 Å². The molecular formula is C16H24N4O2. The van der Waals surface area contributed by atoms with Crippen LogP contribution in [0.3, 0.4) is 0 Å². The maximum absolute atomic E-state index is 12.6. The third kappa shape index (κ3) is 3.37. The van der Waals surface area contributed by atoms with E-state index in [2.05, 4.69) is 24.3 Å². The van der Waals surface area contributed by atoms with Gasteiger partial charge in [0, 0.05) is 24.7 Å². The third-order valence-corrected chi connectivity index (χ3v) is 3.72. The van der Waals surface area contributed by atoms with Crippen molar-refractivity contribution in [3.05, 3.63) is 28.3 Å². The average Bonchev–Trinajstić information content (AvgIpc) is 2.78. The number of amides is 1. The van der Waals surface area contributed by atoms with Crippen molar-refractivity contribution in [3.8, 4) is 0 Å². The van der Waals surface area contributed by atoms with E-state index in [1.807, 2.05) is 19.9 Å². The highest BCUT2D eigenvalue weighted by Gasteiger charge is 2.13. The number of hydrogen-bond donors (Lipinski definition) is 1. The molecule has 22 heavy (non-hydrogen) atoms. The maximum Gasteiger partial charge on any atom is 0.277 e. The molecule has 0 saturated heterocycles. The summed E-state index contributed by atoms with van der Waals surface area (Å²) < 4.78 is 3.14. The van der Waals surface area contributed by atoms with Crippen molar-refractivity contribution in [1.82, 2.24) is 19.7 Å². The minimum Gasteiger partial charge on any atom is -0.355 e. The molecule has 120 valence electrons. The van der Waals surface area contributed by atoms with Crippen LogP contribution in [0.1, 0.15) is 32.9 Å². The molecule has 0 aliphatic heterocycles. The number of rotatable bonds is 6. The fourth-order valence-electron chi connectivity index (χ4n) is 2.45. The summed E-state index contributed by atoms with van der Waals surface area (Å²) >= 11 is 0. The Kier molecular flexibility index (Phi) is 5.00. The van der Waals surface area contributed by atoms with Gasteiger partial charge < -0.3 is 9.88 Å². The molecular weight excluding hydrogens is 280 g/mol. The second kappa shape index (κ2) is 6.77. The second-order valence-corrected chi connectivity index (χ2v) is 5.94. The van der Waals surface area contributed by atoms with E-state index < -0.39 is 0 Å². The highest BCUT2D eigenvalue weighted by Crippen LogP contribution is 2.13. The molecule has 0 spiro atoms. The van der Waals surface area contributed by atoms with Gasteiger partial charge in [0.1, 0.15) is 12.1 Å². The van der Waals surface area contributed by atoms with Gasteiger partial charge in [-0.25, -0.2) is 0 Å². The van der Waals surface area contributed by atoms with E-state index in [1.165, 1.54) is 4.57 Å². The lowest BCUT2D eigenvalue weighted by Gasteiger charge is -2.09. The molecule has 0 aliphatic rings. The highest BCUT2D eigenvalue weighted by molar-refractivity contribution is 5.81. The van der Waals surface area contributed by atoms with Gasteiger partial charge in [-0.2, -0.15) is 5.10 Å². The van der Waals surface area contributed by atoms with Crippen LogP contribution in [0.2, 0.25) is 0 Å². The quantitative estimate of drug-likeness (QED) is 0.883. The van der Waals surface area contributed by atoms with E-state index in [-0.39, 0.29) is 18.0 Å². The lowest BCUT2D eigenvalue weighted by Crippen LogP contribution is -2.33. The monoisotopic (exact) mass is 304 g/mol. The number of nitrogens with one attached hydrogen (secondary N) is 1. The van der Waals surface area contributed by atoms with Gasteiger partial charge in [-0.15, -0.1) is 0 Å². The summed E-state index contributed by atoms with van der Waals surface area (Å²) in [6.45, 7) is 9.36. The summed E-state index contributed by atoms with van der Waals surface area (Å²) in [5.74, 6) is 0.405. The molecule has 2 aromatic rings. The van der Waals surface area contributed by atoms with Crippen LogP contribution in [0.15, 0.2) is 17.1 Å². The normalized spacial score (nSPS) is 11.3. The fraction of sp³-hybridized carbons (Fsp3) is 0.562. The molecule has 1 N–H and O–H groups in total. The van der Waals surface area contributed by atoms with E-state index >= 15 is 0 Å². The molecule has 0 bridgehead atoms. The summed E-state index contributed by atoms with van der Waals surface area (Å²) in [5.41, 5.74) is 1.24. The number of pyridine rings is 1. The molecule has 0 radical (unpaired) electrons. The Morgan fingerprint density at radius 1 is 1.41 bits per heavy atom. The Bertz CT molecular complexity index is 728. The van der Waals surface area contributed by atoms with Crippen molar-refractivity contribution in [1.29, 1.82) is 0 Å². The Hall–Kier alpha value is -2.11. The largest absolute Gasteiger partial charge is 0.355 e. The smallest absolute Gasteiger partial charge is 0.277 e. The van der Waals surface area contributed by atoms with Crippen LogP contribution in [0, 0.1) is 12.8 Å². The molecule has 1 amide bonds. The zero-order valence-corrected chi connectivity index (χ0v) is 13.7. The van der Waals surface area contributed by atoms with Crippen LogP contribution in [0.25, 0.3) is 10.9 Å². The zero-order valence-electron chi connectivity index (χ0n) is 13.7. The van der Waals surface area contributed by atoms with Crippen LogP contribution in [0.4, 0.5) is 0 Å². The van der Waals surface area contributed by atoms with Crippen molar-refractivity contribution in [2.45, 2.75) is 47.2 Å². The average molecular weight is 304 g/mol. The van der Waals surface area contributed by atoms with Crippen molar-refractivity contribution < 1.29 is 4.79 Å². The topological polar surface area (TPSA) is 68.9 Å². The number of hydrogen-bond acceptors (Lipinski definition) is 3. The van der Waals surface area contributed by atoms with E-state index in [1.54, 1.807) is 10.9 Å². The van der Waals surface area contributed by atoms with Crippen molar-refractivity contribution in [2.75, 3.05) is 6.54 Å². The summed E-state index contributed by atoms with van der Waals surface area (Å²) in [6, 6.07) is 1.85. The predicted molar refractivity (Wildman–Crippen MR) is 86.9 cm³/mol. The van der Waals surface area contributed by atoms with Crippen molar-refractivity contribution in [3.63, 3.8) is 0 Å². The first kappa shape index (κ1) is 16.3. The van der Waals surface area contributed by atoms with Gasteiger partial charge in [0.2, 0.25) is 5.91 Å². The molecule has 0 aliphatic carbocycles. The first-order chi connectivity index (χ1) is 10.4. The molecule has 0 fully saturated rings. The minimum atomic E-state index is -0.168. The SMILES string of the molecule is CCn1nc(C)c2ccn(CC(=O)NCCC(C)C)c(=O)c21. The molecule has 2 aromatic heterocycles. The van der Waals surface area contributed by atoms with Crippen LogP contribution >= 0.6 is 0 Å². The number of aromatic nitrogens is 3. The highest BCUT2D eigenvalue weighted by atomic mass is 16.2. The molecule has 2 heterocycles. The summed E-state index contributed by atoms with van der Waals surface area (Å²) in [5, 5.41) is 8.06. The number of nitrogens with zero attached hydrogens (tertiary/aromatic N) is 3. The zero-order chi connectivity index (χ0) is 16.3. The molecule has 0 saturated carbocycles. The van der Waals surface area contributed by atoms with Gasteiger partial charge in [0.25, 0.3) is 5.56 Å². The summed E-state index contributed by atoms with van der Waals surface area (Å²) in [4.78, 5) is 24.5. The predicted octanol–water partition coefficient (Wildman–Crippen LogP) is 1.69. The first-order valence-electron chi connectivity index (χ1n) is 7.77. The minimum absolute atomic E-state index is 0.0425. The van der Waals surface area contributed by atoms with Gasteiger partial charge >= 0.3 is 0 Å². The fourth-order valence-corrected chi connectivity index (χ4v) is 2.45. The molecule has 0 unspecified atom stereocenters. The molecule has 6 nitrogen and oxygen atoms in total. The first-order valence-corrected chi connectivity index (χ1v) is 7.77. The van der Waals surface area contributed by atoms with Gasteiger partial charge in [-0.1, -0.05) is 13.8 Å².